The van der Waals surface area contributed by atoms with E-state index in [-0.39, 0.29) is 11.6 Å². The molecule has 0 aliphatic heterocycles. The number of carbonyl (C=O) groups is 1. The van der Waals surface area contributed by atoms with Gasteiger partial charge >= 0.3 is 5.69 Å². The van der Waals surface area contributed by atoms with Crippen molar-refractivity contribution in [2.75, 3.05) is 6.54 Å². The molecule has 0 aliphatic carbocycles. The van der Waals surface area contributed by atoms with Crippen LogP contribution in [0.3, 0.4) is 0 Å². The highest BCUT2D eigenvalue weighted by Gasteiger charge is 2.04. The van der Waals surface area contributed by atoms with Crippen LogP contribution in [-0.2, 0) is 17.9 Å². The summed E-state index contributed by atoms with van der Waals surface area (Å²) in [4.78, 5) is 23.0. The van der Waals surface area contributed by atoms with Crippen molar-refractivity contribution in [2.24, 2.45) is 0 Å². The molecule has 1 aromatic heterocycles. The molecule has 1 heterocycles. The SMILES string of the molecule is CCCn1ccn(CCC(=O)NCC)c1=O. The molecule has 5 heteroatoms. The number of carbonyl (C=O) groups excluding carboxylic acids is 1. The van der Waals surface area contributed by atoms with E-state index in [9.17, 15) is 9.59 Å². The zero-order valence-electron chi connectivity index (χ0n) is 9.90. The number of hydrogen-bond donors (Lipinski definition) is 1. The predicted octanol–water partition coefficient (Wildman–Crippen LogP) is 0.586. The third kappa shape index (κ3) is 3.25. The molecule has 1 N–H and O–H groups in total. The maximum atomic E-state index is 11.7. The van der Waals surface area contributed by atoms with Crippen LogP contribution in [0.15, 0.2) is 17.2 Å². The maximum absolute atomic E-state index is 11.7. The fourth-order valence-corrected chi connectivity index (χ4v) is 1.54. The van der Waals surface area contributed by atoms with Crippen molar-refractivity contribution in [1.82, 2.24) is 14.5 Å². The van der Waals surface area contributed by atoms with Gasteiger partial charge in [0, 0.05) is 38.4 Å². The van der Waals surface area contributed by atoms with E-state index in [0.717, 1.165) is 13.0 Å². The molecular formula is C11H19N3O2. The first kappa shape index (κ1) is 12.5. The van der Waals surface area contributed by atoms with Crippen LogP contribution >= 0.6 is 0 Å². The highest BCUT2D eigenvalue weighted by atomic mass is 16.2. The lowest BCUT2D eigenvalue weighted by atomic mass is 10.4. The van der Waals surface area contributed by atoms with E-state index in [2.05, 4.69) is 5.32 Å². The molecule has 16 heavy (non-hydrogen) atoms. The van der Waals surface area contributed by atoms with Gasteiger partial charge in [0.05, 0.1) is 0 Å². The van der Waals surface area contributed by atoms with Crippen molar-refractivity contribution < 1.29 is 4.79 Å². The van der Waals surface area contributed by atoms with Crippen LogP contribution < -0.4 is 11.0 Å². The number of imidazole rings is 1. The standard InChI is InChI=1S/C11H19N3O2/c1-3-6-13-8-9-14(11(13)16)7-5-10(15)12-4-2/h8-9H,3-7H2,1-2H3,(H,12,15). The van der Waals surface area contributed by atoms with E-state index in [0.29, 0.717) is 19.5 Å². The third-order valence-corrected chi connectivity index (χ3v) is 2.34. The summed E-state index contributed by atoms with van der Waals surface area (Å²) in [6.45, 7) is 5.71. The van der Waals surface area contributed by atoms with Crippen molar-refractivity contribution in [2.45, 2.75) is 39.8 Å². The summed E-state index contributed by atoms with van der Waals surface area (Å²) in [5.41, 5.74) is -0.0360. The predicted molar refractivity (Wildman–Crippen MR) is 62.3 cm³/mol. The molecule has 90 valence electrons. The average molecular weight is 225 g/mol. The molecule has 0 spiro atoms. The van der Waals surface area contributed by atoms with Crippen LogP contribution in [-0.4, -0.2) is 21.6 Å². The number of nitrogens with zero attached hydrogens (tertiary/aromatic N) is 2. The molecule has 0 fully saturated rings. The summed E-state index contributed by atoms with van der Waals surface area (Å²) in [6.07, 6.45) is 4.78. The summed E-state index contributed by atoms with van der Waals surface area (Å²) < 4.78 is 3.24. The number of hydrogen-bond acceptors (Lipinski definition) is 2. The molecule has 0 aliphatic rings. The maximum Gasteiger partial charge on any atom is 0.328 e. The second-order valence-corrected chi connectivity index (χ2v) is 3.67. The van der Waals surface area contributed by atoms with Gasteiger partial charge in [-0.2, -0.15) is 0 Å². The van der Waals surface area contributed by atoms with Crippen LogP contribution in [0.1, 0.15) is 26.7 Å². The second-order valence-electron chi connectivity index (χ2n) is 3.67. The lowest BCUT2D eigenvalue weighted by Gasteiger charge is -2.02. The fourth-order valence-electron chi connectivity index (χ4n) is 1.54. The van der Waals surface area contributed by atoms with Gasteiger partial charge in [0.2, 0.25) is 5.91 Å². The zero-order valence-corrected chi connectivity index (χ0v) is 9.90. The minimum absolute atomic E-state index is 0.0161. The zero-order chi connectivity index (χ0) is 12.0. The molecule has 0 radical (unpaired) electrons. The van der Waals surface area contributed by atoms with E-state index in [1.807, 2.05) is 13.8 Å². The van der Waals surface area contributed by atoms with Crippen molar-refractivity contribution in [3.63, 3.8) is 0 Å². The molecule has 1 aromatic rings. The Balaban J connectivity index is 2.55. The summed E-state index contributed by atoms with van der Waals surface area (Å²) in [7, 11) is 0. The number of aryl methyl sites for hydroxylation is 2. The van der Waals surface area contributed by atoms with Crippen LogP contribution in [0.2, 0.25) is 0 Å². The highest BCUT2D eigenvalue weighted by molar-refractivity contribution is 5.75. The molecule has 0 atom stereocenters. The molecule has 1 rings (SSSR count). The highest BCUT2D eigenvalue weighted by Crippen LogP contribution is 1.91. The van der Waals surface area contributed by atoms with Gasteiger partial charge in [-0.3, -0.25) is 13.9 Å². The molecule has 0 unspecified atom stereocenters. The Morgan fingerprint density at radius 1 is 1.25 bits per heavy atom. The first-order chi connectivity index (χ1) is 7.69. The van der Waals surface area contributed by atoms with E-state index in [4.69, 9.17) is 0 Å². The monoisotopic (exact) mass is 225 g/mol. The smallest absolute Gasteiger partial charge is 0.328 e. The first-order valence-corrected chi connectivity index (χ1v) is 5.71. The number of rotatable bonds is 6. The Labute approximate surface area is 95.1 Å². The first-order valence-electron chi connectivity index (χ1n) is 5.71. The normalized spacial score (nSPS) is 10.4. The lowest BCUT2D eigenvalue weighted by Crippen LogP contribution is -2.28. The summed E-state index contributed by atoms with van der Waals surface area (Å²) >= 11 is 0. The average Bonchev–Trinajstić information content (AvgIpc) is 2.59. The number of nitrogens with one attached hydrogen (secondary N) is 1. The van der Waals surface area contributed by atoms with Gasteiger partial charge < -0.3 is 5.32 Å². The van der Waals surface area contributed by atoms with Crippen molar-refractivity contribution >= 4 is 5.91 Å². The molecule has 0 saturated carbocycles. The molecule has 0 aromatic carbocycles. The van der Waals surface area contributed by atoms with Crippen LogP contribution in [0.4, 0.5) is 0 Å². The van der Waals surface area contributed by atoms with Gasteiger partial charge in [-0.1, -0.05) is 6.92 Å². The summed E-state index contributed by atoms with van der Waals surface area (Å²) in [5.74, 6) is -0.0161. The molecule has 0 saturated heterocycles. The van der Waals surface area contributed by atoms with Gasteiger partial charge in [-0.05, 0) is 13.3 Å². The summed E-state index contributed by atoms with van der Waals surface area (Å²) in [5, 5.41) is 2.71. The molecular weight excluding hydrogens is 206 g/mol. The Morgan fingerprint density at radius 3 is 2.44 bits per heavy atom. The van der Waals surface area contributed by atoms with Gasteiger partial charge in [-0.15, -0.1) is 0 Å². The lowest BCUT2D eigenvalue weighted by molar-refractivity contribution is -0.121. The minimum atomic E-state index is -0.0360. The summed E-state index contributed by atoms with van der Waals surface area (Å²) in [6, 6.07) is 0. The van der Waals surface area contributed by atoms with E-state index in [1.54, 1.807) is 21.5 Å². The fraction of sp³-hybridized carbons (Fsp3) is 0.636. The van der Waals surface area contributed by atoms with Gasteiger partial charge in [0.15, 0.2) is 0 Å². The molecule has 5 nitrogen and oxygen atoms in total. The van der Waals surface area contributed by atoms with Gasteiger partial charge in [-0.25, -0.2) is 4.79 Å². The Kier molecular flexibility index (Phi) is 4.82. The van der Waals surface area contributed by atoms with E-state index in [1.165, 1.54) is 0 Å². The third-order valence-electron chi connectivity index (χ3n) is 2.34. The quantitative estimate of drug-likeness (QED) is 0.770. The molecule has 1 amide bonds. The van der Waals surface area contributed by atoms with Gasteiger partial charge in [0.1, 0.15) is 0 Å². The Bertz CT molecular complexity index is 392. The van der Waals surface area contributed by atoms with Crippen LogP contribution in [0.5, 0.6) is 0 Å². The van der Waals surface area contributed by atoms with Crippen molar-refractivity contribution in [3.8, 4) is 0 Å². The second kappa shape index (κ2) is 6.15. The number of aromatic nitrogens is 2. The van der Waals surface area contributed by atoms with Crippen LogP contribution in [0.25, 0.3) is 0 Å². The van der Waals surface area contributed by atoms with E-state index >= 15 is 0 Å². The minimum Gasteiger partial charge on any atom is -0.356 e. The Hall–Kier alpha value is -1.52. The van der Waals surface area contributed by atoms with Crippen LogP contribution in [0, 0.1) is 0 Å². The Morgan fingerprint density at radius 2 is 1.88 bits per heavy atom. The number of amides is 1. The topological polar surface area (TPSA) is 56.0 Å². The van der Waals surface area contributed by atoms with E-state index < -0.39 is 0 Å². The largest absolute Gasteiger partial charge is 0.356 e. The van der Waals surface area contributed by atoms with Crippen molar-refractivity contribution in [1.29, 1.82) is 0 Å². The molecule has 0 bridgehead atoms. The van der Waals surface area contributed by atoms with Crippen molar-refractivity contribution in [3.05, 3.63) is 22.9 Å². The van der Waals surface area contributed by atoms with Gasteiger partial charge in [0.25, 0.3) is 0 Å².